The molecule has 0 radical (unpaired) electrons. The highest BCUT2D eigenvalue weighted by atomic mass is 16.5. The molecule has 2 fully saturated rings. The molecule has 13 nitrogen and oxygen atoms in total. The summed E-state index contributed by atoms with van der Waals surface area (Å²) in [6.07, 6.45) is 2.59. The zero-order valence-corrected chi connectivity index (χ0v) is 26.4. The number of carbonyl (C=O) groups is 5. The van der Waals surface area contributed by atoms with Crippen LogP contribution in [0.25, 0.3) is 0 Å². The van der Waals surface area contributed by atoms with Crippen molar-refractivity contribution in [2.24, 2.45) is 22.4 Å². The smallest absolute Gasteiger partial charge is 0.407 e. The fourth-order valence-electron chi connectivity index (χ4n) is 6.26. The molecule has 47 heavy (non-hydrogen) atoms. The molecule has 1 saturated heterocycles. The lowest BCUT2D eigenvalue weighted by Gasteiger charge is -2.35. The van der Waals surface area contributed by atoms with Crippen molar-refractivity contribution in [3.05, 3.63) is 71.8 Å². The average molecular weight is 649 g/mol. The van der Waals surface area contributed by atoms with Crippen molar-refractivity contribution in [3.63, 3.8) is 0 Å². The van der Waals surface area contributed by atoms with Gasteiger partial charge in [0.25, 0.3) is 6.47 Å². The van der Waals surface area contributed by atoms with Crippen LogP contribution in [0.5, 0.6) is 0 Å². The van der Waals surface area contributed by atoms with Gasteiger partial charge in [0, 0.05) is 24.7 Å². The SMILES string of the molecule is NC(N)=NCCC[C@H](NC(=O)[C@@H]1CCCN1C(=O)C1CCCCC1NC(=O)OCc1ccccc1)C(=O)C(OC=O)c1ccccc1. The Labute approximate surface area is 274 Å². The van der Waals surface area contributed by atoms with Gasteiger partial charge in [0.2, 0.25) is 11.8 Å². The molecule has 2 aromatic carbocycles. The van der Waals surface area contributed by atoms with E-state index in [9.17, 15) is 24.0 Å². The quantitative estimate of drug-likeness (QED) is 0.0971. The maximum Gasteiger partial charge on any atom is 0.407 e. The van der Waals surface area contributed by atoms with Crippen LogP contribution in [0.1, 0.15) is 68.6 Å². The molecule has 0 aromatic heterocycles. The Balaban J connectivity index is 1.44. The average Bonchev–Trinajstić information content (AvgIpc) is 3.58. The van der Waals surface area contributed by atoms with Gasteiger partial charge in [0.05, 0.1) is 12.0 Å². The van der Waals surface area contributed by atoms with Gasteiger partial charge in [-0.2, -0.15) is 0 Å². The minimum Gasteiger partial charge on any atom is -0.452 e. The first-order chi connectivity index (χ1) is 22.8. The Hall–Kier alpha value is -4.94. The number of likely N-dealkylation sites (tertiary alicyclic amines) is 1. The Morgan fingerprint density at radius 1 is 0.957 bits per heavy atom. The van der Waals surface area contributed by atoms with E-state index in [0.29, 0.717) is 44.2 Å². The molecule has 2 aliphatic rings. The van der Waals surface area contributed by atoms with E-state index < -0.39 is 47.9 Å². The first-order valence-electron chi connectivity index (χ1n) is 16.1. The highest BCUT2D eigenvalue weighted by Gasteiger charge is 2.42. The maximum atomic E-state index is 13.9. The van der Waals surface area contributed by atoms with Crippen LogP contribution in [0.3, 0.4) is 0 Å². The van der Waals surface area contributed by atoms with Crippen molar-refractivity contribution in [3.8, 4) is 0 Å². The number of alkyl carbamates (subject to hydrolysis) is 1. The van der Waals surface area contributed by atoms with E-state index in [4.69, 9.17) is 20.9 Å². The van der Waals surface area contributed by atoms with Crippen molar-refractivity contribution in [2.45, 2.75) is 82.2 Å². The Kier molecular flexibility index (Phi) is 13.1. The van der Waals surface area contributed by atoms with Gasteiger partial charge in [0.15, 0.2) is 17.8 Å². The van der Waals surface area contributed by atoms with Crippen molar-refractivity contribution in [2.75, 3.05) is 13.1 Å². The van der Waals surface area contributed by atoms with Gasteiger partial charge in [-0.3, -0.25) is 24.2 Å². The summed E-state index contributed by atoms with van der Waals surface area (Å²) in [5.74, 6) is -1.80. The van der Waals surface area contributed by atoms with E-state index >= 15 is 0 Å². The van der Waals surface area contributed by atoms with Crippen LogP contribution in [0.15, 0.2) is 65.7 Å². The molecule has 1 aliphatic carbocycles. The molecule has 252 valence electrons. The topological polar surface area (TPSA) is 196 Å². The zero-order valence-electron chi connectivity index (χ0n) is 26.4. The molecule has 13 heteroatoms. The van der Waals surface area contributed by atoms with Crippen molar-refractivity contribution in [1.29, 1.82) is 0 Å². The van der Waals surface area contributed by atoms with Crippen LogP contribution in [0, 0.1) is 5.92 Å². The lowest BCUT2D eigenvalue weighted by molar-refractivity contribution is -0.147. The molecule has 0 bridgehead atoms. The van der Waals surface area contributed by atoms with Gasteiger partial charge in [-0.1, -0.05) is 73.5 Å². The van der Waals surface area contributed by atoms with Gasteiger partial charge in [-0.15, -0.1) is 0 Å². The number of aliphatic imine (C=N–C) groups is 1. The van der Waals surface area contributed by atoms with Gasteiger partial charge in [0.1, 0.15) is 12.6 Å². The molecular weight excluding hydrogens is 604 g/mol. The van der Waals surface area contributed by atoms with Crippen molar-refractivity contribution in [1.82, 2.24) is 15.5 Å². The summed E-state index contributed by atoms with van der Waals surface area (Å²) in [5.41, 5.74) is 12.2. The molecule has 3 unspecified atom stereocenters. The number of nitrogens with zero attached hydrogens (tertiary/aromatic N) is 2. The van der Waals surface area contributed by atoms with Gasteiger partial charge < -0.3 is 36.5 Å². The van der Waals surface area contributed by atoms with Crippen LogP contribution in [0.4, 0.5) is 4.79 Å². The third-order valence-electron chi connectivity index (χ3n) is 8.60. The maximum absolute atomic E-state index is 13.9. The van der Waals surface area contributed by atoms with E-state index in [0.717, 1.165) is 18.4 Å². The van der Waals surface area contributed by atoms with E-state index in [1.807, 2.05) is 30.3 Å². The van der Waals surface area contributed by atoms with E-state index in [1.54, 1.807) is 35.2 Å². The molecule has 1 saturated carbocycles. The first kappa shape index (κ1) is 34.9. The predicted octanol–water partition coefficient (Wildman–Crippen LogP) is 2.48. The summed E-state index contributed by atoms with van der Waals surface area (Å²) in [7, 11) is 0. The summed E-state index contributed by atoms with van der Waals surface area (Å²) < 4.78 is 10.6. The van der Waals surface area contributed by atoms with Crippen LogP contribution in [0.2, 0.25) is 0 Å². The Morgan fingerprint density at radius 3 is 2.36 bits per heavy atom. The monoisotopic (exact) mass is 648 g/mol. The van der Waals surface area contributed by atoms with Crippen molar-refractivity contribution < 1.29 is 33.4 Å². The number of ether oxygens (including phenoxy) is 2. The number of rotatable bonds is 15. The molecular formula is C34H44N6O7. The molecule has 6 N–H and O–H groups in total. The Morgan fingerprint density at radius 2 is 1.66 bits per heavy atom. The van der Waals surface area contributed by atoms with Gasteiger partial charge in [-0.25, -0.2) is 4.79 Å². The number of nitrogens with two attached hydrogens (primary N) is 2. The van der Waals surface area contributed by atoms with Crippen LogP contribution in [-0.4, -0.2) is 72.2 Å². The second-order valence-corrected chi connectivity index (χ2v) is 11.8. The number of amides is 3. The fourth-order valence-corrected chi connectivity index (χ4v) is 6.26. The van der Waals surface area contributed by atoms with E-state index in [1.165, 1.54) is 0 Å². The molecule has 0 spiro atoms. The highest BCUT2D eigenvalue weighted by Crippen LogP contribution is 2.30. The molecule has 1 aliphatic heterocycles. The summed E-state index contributed by atoms with van der Waals surface area (Å²) >= 11 is 0. The molecule has 4 rings (SSSR count). The number of carbonyl (C=O) groups excluding carboxylic acids is 5. The summed E-state index contributed by atoms with van der Waals surface area (Å²) in [4.78, 5) is 71.0. The minimum absolute atomic E-state index is 0.0940. The van der Waals surface area contributed by atoms with Gasteiger partial charge in [-0.05, 0) is 44.1 Å². The fraction of sp³-hybridized carbons (Fsp3) is 0.471. The number of hydrogen-bond donors (Lipinski definition) is 4. The lowest BCUT2D eigenvalue weighted by Crippen LogP contribution is -2.55. The Bertz CT molecular complexity index is 1390. The molecule has 2 aromatic rings. The molecule has 5 atom stereocenters. The van der Waals surface area contributed by atoms with E-state index in [-0.39, 0.29) is 37.9 Å². The van der Waals surface area contributed by atoms with Crippen LogP contribution < -0.4 is 22.1 Å². The number of benzene rings is 2. The second kappa shape index (κ2) is 17.7. The summed E-state index contributed by atoms with van der Waals surface area (Å²) in [5, 5.41) is 5.73. The standard InChI is InChI=1S/C34H44N6O7/c35-33(36)37-19-9-17-27(29(42)30(47-22-41)24-13-5-2-6-14-24)38-31(43)28-18-10-20-40(28)32(44)25-15-7-8-16-26(25)39-34(45)46-21-23-11-3-1-4-12-23/h1-6,11-14,22,25-28,30H,7-10,15-21H2,(H,38,43)(H,39,45)(H4,35,36,37)/t25?,26?,27-,28-,30?/m0/s1. The first-order valence-corrected chi connectivity index (χ1v) is 16.1. The normalized spacial score (nSPS) is 20.3. The number of ketones is 1. The third-order valence-corrected chi connectivity index (χ3v) is 8.60. The largest absolute Gasteiger partial charge is 0.452 e. The molecule has 3 amide bonds. The van der Waals surface area contributed by atoms with Crippen LogP contribution >= 0.6 is 0 Å². The summed E-state index contributed by atoms with van der Waals surface area (Å²) in [6, 6.07) is 15.6. The van der Waals surface area contributed by atoms with Gasteiger partial charge >= 0.3 is 6.09 Å². The number of Topliss-reactive ketones (excluding diaryl/α,β-unsaturated/α-hetero) is 1. The van der Waals surface area contributed by atoms with Crippen molar-refractivity contribution >= 4 is 36.1 Å². The highest BCUT2D eigenvalue weighted by molar-refractivity contribution is 5.96. The number of nitrogens with one attached hydrogen (secondary N) is 2. The third kappa shape index (κ3) is 10.0. The predicted molar refractivity (Wildman–Crippen MR) is 173 cm³/mol. The zero-order chi connectivity index (χ0) is 33.6. The number of hydrogen-bond acceptors (Lipinski definition) is 8. The molecule has 1 heterocycles. The van der Waals surface area contributed by atoms with E-state index in [2.05, 4.69) is 15.6 Å². The van der Waals surface area contributed by atoms with Crippen LogP contribution in [-0.2, 0) is 35.3 Å². The summed E-state index contributed by atoms with van der Waals surface area (Å²) in [6.45, 7) is 0.922. The minimum atomic E-state index is -1.24. The lowest BCUT2D eigenvalue weighted by atomic mass is 9.83. The second-order valence-electron chi connectivity index (χ2n) is 11.8. The number of guanidine groups is 1.